The molecule has 4 nitrogen and oxygen atoms in total. The van der Waals surface area contributed by atoms with E-state index < -0.39 is 8.32 Å². The Labute approximate surface area is 134 Å². The maximum absolute atomic E-state index is 6.14. The molecular weight excluding hydrogens is 290 g/mol. The van der Waals surface area contributed by atoms with Crippen molar-refractivity contribution in [2.75, 3.05) is 0 Å². The molecule has 118 valence electrons. The van der Waals surface area contributed by atoms with Crippen molar-refractivity contribution in [2.24, 2.45) is 4.99 Å². The predicted octanol–water partition coefficient (Wildman–Crippen LogP) is 4.18. The maximum atomic E-state index is 6.14. The summed E-state index contributed by atoms with van der Waals surface area (Å²) in [5.41, 5.74) is 3.33. The Kier molecular flexibility index (Phi) is 4.86. The van der Waals surface area contributed by atoms with Crippen molar-refractivity contribution in [3.63, 3.8) is 0 Å². The fraction of sp³-hybridized carbons (Fsp3) is 0.412. The van der Waals surface area contributed by atoms with E-state index >= 15 is 0 Å². The average Bonchev–Trinajstić information content (AvgIpc) is 2.76. The fourth-order valence-electron chi connectivity index (χ4n) is 2.05. The van der Waals surface area contributed by atoms with Crippen LogP contribution in [0.3, 0.4) is 0 Å². The number of para-hydroxylation sites is 1. The van der Waals surface area contributed by atoms with Crippen LogP contribution in [0.4, 0.5) is 0 Å². The van der Waals surface area contributed by atoms with Crippen molar-refractivity contribution in [1.29, 1.82) is 0 Å². The molecule has 0 bridgehead atoms. The van der Waals surface area contributed by atoms with Gasteiger partial charge >= 0.3 is 0 Å². The van der Waals surface area contributed by atoms with Crippen LogP contribution < -0.4 is 4.43 Å². The van der Waals surface area contributed by atoms with Gasteiger partial charge < -0.3 is 4.43 Å². The third-order valence-corrected chi connectivity index (χ3v) is 4.18. The van der Waals surface area contributed by atoms with Crippen LogP contribution in [0.1, 0.15) is 23.7 Å². The van der Waals surface area contributed by atoms with Crippen LogP contribution in [0, 0.1) is 13.8 Å². The summed E-state index contributed by atoms with van der Waals surface area (Å²) in [4.78, 5) is 4.66. The molecule has 0 N–H and O–H groups in total. The first-order chi connectivity index (χ1) is 10.3. The van der Waals surface area contributed by atoms with Crippen molar-refractivity contribution in [1.82, 2.24) is 9.78 Å². The average molecular weight is 315 g/mol. The molecule has 0 radical (unpaired) electrons. The van der Waals surface area contributed by atoms with Crippen LogP contribution in [0.5, 0.6) is 5.75 Å². The van der Waals surface area contributed by atoms with Crippen molar-refractivity contribution in [2.45, 2.75) is 47.0 Å². The highest BCUT2D eigenvalue weighted by Crippen LogP contribution is 2.22. The van der Waals surface area contributed by atoms with Crippen LogP contribution in [0.2, 0.25) is 19.6 Å². The minimum Gasteiger partial charge on any atom is -0.544 e. The molecule has 2 aromatic rings. The fourth-order valence-corrected chi connectivity index (χ4v) is 2.91. The molecule has 0 aliphatic carbocycles. The summed E-state index contributed by atoms with van der Waals surface area (Å²) in [6.07, 6.45) is 2.01. The normalized spacial score (nSPS) is 12.5. The van der Waals surface area contributed by atoms with Gasteiger partial charge in [-0.1, -0.05) is 18.2 Å². The van der Waals surface area contributed by atoms with Gasteiger partial charge in [0.1, 0.15) is 11.6 Å². The van der Waals surface area contributed by atoms with Crippen molar-refractivity contribution in [3.8, 4) is 5.75 Å². The van der Waals surface area contributed by atoms with Gasteiger partial charge in [-0.25, -0.2) is 4.68 Å². The summed E-state index contributed by atoms with van der Waals surface area (Å²) in [5.74, 6) is 1.84. The molecule has 5 heteroatoms. The van der Waals surface area contributed by atoms with E-state index in [-0.39, 0.29) is 0 Å². The van der Waals surface area contributed by atoms with Crippen LogP contribution in [0.15, 0.2) is 35.5 Å². The highest BCUT2D eigenvalue weighted by molar-refractivity contribution is 6.70. The van der Waals surface area contributed by atoms with E-state index in [1.165, 1.54) is 5.56 Å². The van der Waals surface area contributed by atoms with Crippen LogP contribution >= 0.6 is 0 Å². The van der Waals surface area contributed by atoms with E-state index in [0.717, 1.165) is 22.8 Å². The Morgan fingerprint density at radius 2 is 1.91 bits per heavy atom. The topological polar surface area (TPSA) is 39.4 Å². The molecule has 0 amide bonds. The zero-order chi connectivity index (χ0) is 16.3. The smallest absolute Gasteiger partial charge is 0.242 e. The Hall–Kier alpha value is -1.88. The van der Waals surface area contributed by atoms with E-state index in [4.69, 9.17) is 4.43 Å². The number of hydrogen-bond donors (Lipinski definition) is 0. The summed E-state index contributed by atoms with van der Waals surface area (Å²) in [6, 6.07) is 8.14. The molecule has 1 heterocycles. The molecule has 1 aromatic carbocycles. The van der Waals surface area contributed by atoms with E-state index in [9.17, 15) is 0 Å². The third-order valence-electron chi connectivity index (χ3n) is 3.34. The van der Waals surface area contributed by atoms with E-state index in [1.807, 2.05) is 42.9 Å². The molecule has 0 saturated heterocycles. The van der Waals surface area contributed by atoms with Gasteiger partial charge in [-0.05, 0) is 52.0 Å². The molecule has 0 fully saturated rings. The second kappa shape index (κ2) is 6.48. The monoisotopic (exact) mass is 315 g/mol. The third kappa shape index (κ3) is 4.30. The summed E-state index contributed by atoms with van der Waals surface area (Å²) in [7, 11) is -1.62. The van der Waals surface area contributed by atoms with Gasteiger partial charge in [-0.2, -0.15) is 5.10 Å². The second-order valence-electron chi connectivity index (χ2n) is 6.53. The Balaban J connectivity index is 2.18. The SMILES string of the molecule is CC(=NCc1ccccc1O[Si](C)(C)C)n1cc(C)c(C)n1. The number of benzene rings is 1. The van der Waals surface area contributed by atoms with Gasteiger partial charge in [0.25, 0.3) is 0 Å². The highest BCUT2D eigenvalue weighted by atomic mass is 28.4. The van der Waals surface area contributed by atoms with Gasteiger partial charge in [0, 0.05) is 11.8 Å². The zero-order valence-electron chi connectivity index (χ0n) is 14.3. The van der Waals surface area contributed by atoms with E-state index in [0.29, 0.717) is 6.54 Å². The number of hydrogen-bond acceptors (Lipinski definition) is 3. The molecule has 0 saturated carbocycles. The van der Waals surface area contributed by atoms with Crippen molar-refractivity contribution in [3.05, 3.63) is 47.3 Å². The lowest BCUT2D eigenvalue weighted by atomic mass is 10.2. The van der Waals surface area contributed by atoms with Gasteiger partial charge in [0.2, 0.25) is 8.32 Å². The molecule has 2 rings (SSSR count). The summed E-state index contributed by atoms with van der Waals surface area (Å²) < 4.78 is 7.98. The van der Waals surface area contributed by atoms with Crippen LogP contribution in [-0.4, -0.2) is 23.9 Å². The first kappa shape index (κ1) is 16.5. The van der Waals surface area contributed by atoms with E-state index in [1.54, 1.807) is 0 Å². The Morgan fingerprint density at radius 1 is 1.23 bits per heavy atom. The first-order valence-electron chi connectivity index (χ1n) is 7.57. The molecule has 0 unspecified atom stereocenters. The Morgan fingerprint density at radius 3 is 2.50 bits per heavy atom. The van der Waals surface area contributed by atoms with Gasteiger partial charge in [-0.3, -0.25) is 4.99 Å². The largest absolute Gasteiger partial charge is 0.544 e. The van der Waals surface area contributed by atoms with Crippen LogP contribution in [-0.2, 0) is 6.54 Å². The molecule has 0 aliphatic heterocycles. The quantitative estimate of drug-likeness (QED) is 0.482. The van der Waals surface area contributed by atoms with Crippen molar-refractivity contribution < 1.29 is 4.43 Å². The van der Waals surface area contributed by atoms with Gasteiger partial charge in [-0.15, -0.1) is 0 Å². The summed E-state index contributed by atoms with van der Waals surface area (Å²) in [6.45, 7) is 13.2. The first-order valence-corrected chi connectivity index (χ1v) is 11.0. The van der Waals surface area contributed by atoms with Gasteiger partial charge in [0.15, 0.2) is 0 Å². The van der Waals surface area contributed by atoms with Crippen LogP contribution in [0.25, 0.3) is 0 Å². The lowest BCUT2D eigenvalue weighted by Crippen LogP contribution is -2.29. The molecular formula is C17H25N3OSi. The summed E-state index contributed by atoms with van der Waals surface area (Å²) in [5, 5.41) is 4.47. The molecule has 0 atom stereocenters. The molecule has 0 aliphatic rings. The number of aryl methyl sites for hydroxylation is 2. The van der Waals surface area contributed by atoms with E-state index in [2.05, 4.69) is 42.7 Å². The molecule has 22 heavy (non-hydrogen) atoms. The Bertz CT molecular complexity index is 664. The number of nitrogens with zero attached hydrogens (tertiary/aromatic N) is 3. The zero-order valence-corrected chi connectivity index (χ0v) is 15.3. The number of aliphatic imine (C=N–C) groups is 1. The minimum atomic E-state index is -1.62. The number of rotatable bonds is 4. The standard InChI is InChI=1S/C17H25N3OSi/c1-13-12-20(19-14(13)2)15(3)18-11-16-9-7-8-10-17(16)21-22(4,5)6/h7-10,12H,11H2,1-6H3. The summed E-state index contributed by atoms with van der Waals surface area (Å²) >= 11 is 0. The predicted molar refractivity (Wildman–Crippen MR) is 94.3 cm³/mol. The lowest BCUT2D eigenvalue weighted by molar-refractivity contribution is 0.549. The van der Waals surface area contributed by atoms with Crippen molar-refractivity contribution >= 4 is 14.2 Å². The molecule has 0 spiro atoms. The number of aromatic nitrogens is 2. The minimum absolute atomic E-state index is 0.602. The highest BCUT2D eigenvalue weighted by Gasteiger charge is 2.17. The lowest BCUT2D eigenvalue weighted by Gasteiger charge is -2.21. The maximum Gasteiger partial charge on any atom is 0.242 e. The molecule has 1 aromatic heterocycles. The van der Waals surface area contributed by atoms with Gasteiger partial charge in [0.05, 0.1) is 12.2 Å². The second-order valence-corrected chi connectivity index (χ2v) is 11.0.